The Morgan fingerprint density at radius 3 is 2.90 bits per heavy atom. The summed E-state index contributed by atoms with van der Waals surface area (Å²) in [5.74, 6) is 2.03. The van der Waals surface area contributed by atoms with Crippen LogP contribution in [0, 0.1) is 6.92 Å². The van der Waals surface area contributed by atoms with E-state index in [0.29, 0.717) is 0 Å². The zero-order chi connectivity index (χ0) is 13.9. The van der Waals surface area contributed by atoms with Gasteiger partial charge in [-0.3, -0.25) is 0 Å². The predicted octanol–water partition coefficient (Wildman–Crippen LogP) is 3.10. The number of rotatable bonds is 5. The molecule has 0 saturated carbocycles. The van der Waals surface area contributed by atoms with E-state index in [1.165, 1.54) is 10.9 Å². The summed E-state index contributed by atoms with van der Waals surface area (Å²) in [7, 11) is 0. The van der Waals surface area contributed by atoms with E-state index in [2.05, 4.69) is 33.9 Å². The lowest BCUT2D eigenvalue weighted by molar-refractivity contribution is 0.510. The molecule has 0 aliphatic heterocycles. The summed E-state index contributed by atoms with van der Waals surface area (Å²) >= 11 is 0. The Kier molecular flexibility index (Phi) is 3.56. The highest BCUT2D eigenvalue weighted by atomic mass is 16.3. The highest BCUT2D eigenvalue weighted by Gasteiger charge is 2.14. The van der Waals surface area contributed by atoms with Crippen LogP contribution in [0.15, 0.2) is 41.1 Å². The largest absolute Gasteiger partial charge is 0.459 e. The van der Waals surface area contributed by atoms with Crippen molar-refractivity contribution < 1.29 is 4.42 Å². The Bertz CT molecular complexity index is 711. The number of furan rings is 1. The highest BCUT2D eigenvalue weighted by molar-refractivity contribution is 5.82. The van der Waals surface area contributed by atoms with E-state index in [1.807, 2.05) is 31.5 Å². The summed E-state index contributed by atoms with van der Waals surface area (Å²) in [6.45, 7) is 6.60. The molecule has 2 heterocycles. The molecule has 0 saturated heterocycles. The van der Waals surface area contributed by atoms with Gasteiger partial charge in [-0.2, -0.15) is 0 Å². The Morgan fingerprint density at radius 2 is 2.15 bits per heavy atom. The molecule has 1 aromatic carbocycles. The first-order chi connectivity index (χ1) is 9.79. The van der Waals surface area contributed by atoms with Crippen molar-refractivity contribution >= 4 is 11.0 Å². The molecule has 0 aliphatic rings. The first kappa shape index (κ1) is 12.9. The summed E-state index contributed by atoms with van der Waals surface area (Å²) in [6, 6.07) is 8.21. The van der Waals surface area contributed by atoms with Crippen molar-refractivity contribution in [3.05, 3.63) is 53.8 Å². The van der Waals surface area contributed by atoms with Crippen molar-refractivity contribution in [2.45, 2.75) is 26.9 Å². The minimum atomic E-state index is 0.758. The summed E-state index contributed by atoms with van der Waals surface area (Å²) in [5, 5.41) is 4.53. The van der Waals surface area contributed by atoms with Gasteiger partial charge in [0.1, 0.15) is 17.2 Å². The van der Waals surface area contributed by atoms with Gasteiger partial charge in [0.2, 0.25) is 0 Å². The van der Waals surface area contributed by atoms with Crippen LogP contribution in [0.4, 0.5) is 0 Å². The third-order valence-electron chi connectivity index (χ3n) is 3.57. The van der Waals surface area contributed by atoms with Crippen LogP contribution in [0.1, 0.15) is 24.1 Å². The minimum Gasteiger partial charge on any atom is -0.459 e. The molecule has 4 nitrogen and oxygen atoms in total. The number of imidazole rings is 1. The zero-order valence-electron chi connectivity index (χ0n) is 11.9. The molecule has 0 radical (unpaired) electrons. The first-order valence-corrected chi connectivity index (χ1v) is 6.97. The standard InChI is InChI=1S/C16H19N3O/c1-3-17-10-16-14(11-19-9-8-18-12(19)2)13-6-4-5-7-15(13)20-16/h4-9,17H,3,10-11H2,1-2H3. The minimum absolute atomic E-state index is 0.758. The molecule has 0 aliphatic carbocycles. The predicted molar refractivity (Wildman–Crippen MR) is 79.7 cm³/mol. The van der Waals surface area contributed by atoms with Gasteiger partial charge < -0.3 is 14.3 Å². The SMILES string of the molecule is CCNCc1oc2ccccc2c1Cn1ccnc1C. The maximum Gasteiger partial charge on any atom is 0.134 e. The topological polar surface area (TPSA) is 43.0 Å². The summed E-state index contributed by atoms with van der Waals surface area (Å²) in [4.78, 5) is 4.29. The van der Waals surface area contributed by atoms with Crippen molar-refractivity contribution in [2.24, 2.45) is 0 Å². The number of aryl methyl sites for hydroxylation is 1. The number of hydrogen-bond acceptors (Lipinski definition) is 3. The number of benzene rings is 1. The van der Waals surface area contributed by atoms with Crippen molar-refractivity contribution in [1.82, 2.24) is 14.9 Å². The van der Waals surface area contributed by atoms with E-state index in [4.69, 9.17) is 4.42 Å². The van der Waals surface area contributed by atoms with Gasteiger partial charge in [0.15, 0.2) is 0 Å². The quantitative estimate of drug-likeness (QED) is 0.774. The third-order valence-corrected chi connectivity index (χ3v) is 3.57. The molecule has 3 aromatic rings. The van der Waals surface area contributed by atoms with Crippen molar-refractivity contribution in [2.75, 3.05) is 6.54 Å². The fraction of sp³-hybridized carbons (Fsp3) is 0.312. The molecule has 0 unspecified atom stereocenters. The number of para-hydroxylation sites is 1. The normalized spacial score (nSPS) is 11.3. The lowest BCUT2D eigenvalue weighted by Crippen LogP contribution is -2.13. The zero-order valence-corrected chi connectivity index (χ0v) is 11.9. The van der Waals surface area contributed by atoms with Crippen molar-refractivity contribution in [1.29, 1.82) is 0 Å². The lowest BCUT2D eigenvalue weighted by Gasteiger charge is -2.06. The molecule has 0 amide bonds. The molecule has 104 valence electrons. The van der Waals surface area contributed by atoms with Gasteiger partial charge in [-0.1, -0.05) is 25.1 Å². The summed E-state index contributed by atoms with van der Waals surface area (Å²) < 4.78 is 8.14. The van der Waals surface area contributed by atoms with Crippen LogP contribution in [0.3, 0.4) is 0 Å². The highest BCUT2D eigenvalue weighted by Crippen LogP contribution is 2.27. The monoisotopic (exact) mass is 269 g/mol. The number of hydrogen-bond donors (Lipinski definition) is 1. The van der Waals surface area contributed by atoms with Crippen molar-refractivity contribution in [3.63, 3.8) is 0 Å². The Balaban J connectivity index is 2.04. The molecule has 2 aromatic heterocycles. The Morgan fingerprint density at radius 1 is 1.30 bits per heavy atom. The molecule has 20 heavy (non-hydrogen) atoms. The molecule has 1 N–H and O–H groups in total. The van der Waals surface area contributed by atoms with Gasteiger partial charge in [0.05, 0.1) is 13.1 Å². The average Bonchev–Trinajstić information content (AvgIpc) is 3.02. The van der Waals surface area contributed by atoms with Gasteiger partial charge in [-0.05, 0) is 19.5 Å². The van der Waals surface area contributed by atoms with Crippen LogP contribution < -0.4 is 5.32 Å². The van der Waals surface area contributed by atoms with E-state index >= 15 is 0 Å². The van der Waals surface area contributed by atoms with Crippen LogP contribution in [0.2, 0.25) is 0 Å². The molecular formula is C16H19N3O. The molecule has 4 heteroatoms. The Hall–Kier alpha value is -2.07. The Labute approximate surface area is 118 Å². The second kappa shape index (κ2) is 5.51. The smallest absolute Gasteiger partial charge is 0.134 e. The van der Waals surface area contributed by atoms with Crippen LogP contribution in [-0.2, 0) is 13.1 Å². The third kappa shape index (κ3) is 2.34. The van der Waals surface area contributed by atoms with E-state index < -0.39 is 0 Å². The number of nitrogens with zero attached hydrogens (tertiary/aromatic N) is 2. The molecule has 0 atom stereocenters. The van der Waals surface area contributed by atoms with Crippen molar-refractivity contribution in [3.8, 4) is 0 Å². The summed E-state index contributed by atoms with van der Waals surface area (Å²) in [5.41, 5.74) is 2.19. The fourth-order valence-corrected chi connectivity index (χ4v) is 2.45. The molecule has 0 spiro atoms. The van der Waals surface area contributed by atoms with Gasteiger partial charge in [-0.25, -0.2) is 4.98 Å². The second-order valence-electron chi connectivity index (χ2n) is 4.88. The molecule has 0 fully saturated rings. The van der Waals surface area contributed by atoms with E-state index in [0.717, 1.165) is 36.8 Å². The average molecular weight is 269 g/mol. The fourth-order valence-electron chi connectivity index (χ4n) is 2.45. The van der Waals surface area contributed by atoms with Gasteiger partial charge in [-0.15, -0.1) is 0 Å². The number of nitrogens with one attached hydrogen (secondary N) is 1. The van der Waals surface area contributed by atoms with Gasteiger partial charge in [0, 0.05) is 23.3 Å². The molecule has 3 rings (SSSR count). The number of fused-ring (bicyclic) bond motifs is 1. The maximum absolute atomic E-state index is 5.99. The van der Waals surface area contributed by atoms with Crippen LogP contribution >= 0.6 is 0 Å². The van der Waals surface area contributed by atoms with Gasteiger partial charge in [0.25, 0.3) is 0 Å². The first-order valence-electron chi connectivity index (χ1n) is 6.97. The maximum atomic E-state index is 5.99. The van der Waals surface area contributed by atoms with E-state index in [9.17, 15) is 0 Å². The molecular weight excluding hydrogens is 250 g/mol. The van der Waals surface area contributed by atoms with Crippen LogP contribution in [-0.4, -0.2) is 16.1 Å². The number of aromatic nitrogens is 2. The van der Waals surface area contributed by atoms with E-state index in [1.54, 1.807) is 0 Å². The molecule has 0 bridgehead atoms. The second-order valence-corrected chi connectivity index (χ2v) is 4.88. The summed E-state index contributed by atoms with van der Waals surface area (Å²) in [6.07, 6.45) is 3.84. The van der Waals surface area contributed by atoms with Crippen LogP contribution in [0.5, 0.6) is 0 Å². The van der Waals surface area contributed by atoms with E-state index in [-0.39, 0.29) is 0 Å². The van der Waals surface area contributed by atoms with Gasteiger partial charge >= 0.3 is 0 Å². The van der Waals surface area contributed by atoms with Crippen LogP contribution in [0.25, 0.3) is 11.0 Å². The lowest BCUT2D eigenvalue weighted by atomic mass is 10.1.